The smallest absolute Gasteiger partial charge is 0.338 e. The van der Waals surface area contributed by atoms with Crippen LogP contribution in [-0.2, 0) is 20.9 Å². The van der Waals surface area contributed by atoms with E-state index in [-0.39, 0.29) is 41.8 Å². The number of aliphatic hydroxyl groups is 1. The fourth-order valence-electron chi connectivity index (χ4n) is 7.33. The molecule has 4 heterocycles. The van der Waals surface area contributed by atoms with E-state index in [0.29, 0.717) is 24.9 Å². The minimum Gasteiger partial charge on any atom is -0.457 e. The number of Topliss-reactive ketones (excluding diaryl/α,β-unsaturated/α-hetero) is 1. The molecule has 1 aliphatic carbocycles. The van der Waals surface area contributed by atoms with E-state index < -0.39 is 6.10 Å². The molecule has 6 rings (SSSR count). The molecule has 2 bridgehead atoms. The Balaban J connectivity index is 1.18. The van der Waals surface area contributed by atoms with Crippen LogP contribution in [0.25, 0.3) is 0 Å². The molecule has 2 unspecified atom stereocenters. The van der Waals surface area contributed by atoms with Crippen LogP contribution in [0.3, 0.4) is 0 Å². The van der Waals surface area contributed by atoms with Crippen LogP contribution >= 0.6 is 0 Å². The van der Waals surface area contributed by atoms with Gasteiger partial charge in [0.15, 0.2) is 5.78 Å². The largest absolute Gasteiger partial charge is 0.457 e. The van der Waals surface area contributed by atoms with Crippen molar-refractivity contribution in [2.75, 3.05) is 13.1 Å². The van der Waals surface area contributed by atoms with Gasteiger partial charge in [0.25, 0.3) is 0 Å². The number of carbonyl (C=O) groups excluding carboxylic acids is 3. The molecule has 180 valence electrons. The number of fused-ring (bicyclic) bond motifs is 3. The summed E-state index contributed by atoms with van der Waals surface area (Å²) in [7, 11) is 0. The summed E-state index contributed by atoms with van der Waals surface area (Å²) in [6.45, 7) is 5.35. The van der Waals surface area contributed by atoms with Crippen molar-refractivity contribution in [2.45, 2.75) is 83.6 Å². The van der Waals surface area contributed by atoms with Crippen LogP contribution in [0.2, 0.25) is 0 Å². The van der Waals surface area contributed by atoms with Gasteiger partial charge < -0.3 is 14.7 Å². The van der Waals surface area contributed by atoms with Crippen molar-refractivity contribution in [2.24, 2.45) is 5.41 Å². The molecule has 0 saturated carbocycles. The normalized spacial score (nSPS) is 31.7. The molecule has 0 aromatic heterocycles. The number of esters is 1. The summed E-state index contributed by atoms with van der Waals surface area (Å²) < 4.78 is 5.17. The van der Waals surface area contributed by atoms with Gasteiger partial charge in [0.05, 0.1) is 17.1 Å². The number of cyclic esters (lactones) is 1. The van der Waals surface area contributed by atoms with Gasteiger partial charge in [-0.2, -0.15) is 0 Å². The van der Waals surface area contributed by atoms with Gasteiger partial charge in [-0.1, -0.05) is 6.07 Å². The fraction of sp³-hybridized carbons (Fsp3) is 0.593. The second kappa shape index (κ2) is 7.75. The lowest BCUT2D eigenvalue weighted by Gasteiger charge is -2.44. The number of rotatable bonds is 4. The fourth-order valence-corrected chi connectivity index (χ4v) is 7.33. The minimum atomic E-state index is -0.647. The minimum absolute atomic E-state index is 0.172. The lowest BCUT2D eigenvalue weighted by atomic mass is 9.73. The number of hydrogen-bond donors (Lipinski definition) is 1. The van der Waals surface area contributed by atoms with Crippen LogP contribution < -0.4 is 0 Å². The van der Waals surface area contributed by atoms with E-state index in [2.05, 4.69) is 4.90 Å². The highest BCUT2D eigenvalue weighted by Gasteiger charge is 2.56. The van der Waals surface area contributed by atoms with Gasteiger partial charge in [-0.3, -0.25) is 14.5 Å². The highest BCUT2D eigenvalue weighted by Crippen LogP contribution is 2.52. The molecule has 1 N–H and O–H groups in total. The summed E-state index contributed by atoms with van der Waals surface area (Å²) in [6.07, 6.45) is 5.20. The standard InChI is InChI=1S/C27H32N2O5/c1-15-19(5-6-20-21(15)14-34-25(20)32)24(31)13-29-17-3-4-18(29)12-27(11-17)9-10-28(26(27)33)22-7-8-23(30)16(22)2/h5-6,17-18,24,31H,3-4,7-14H2,1-2H3/t17?,18?,24-,27?/m0/s1. The molecule has 3 atom stereocenters. The maximum atomic E-state index is 13.6. The maximum Gasteiger partial charge on any atom is 0.338 e. The molecule has 3 fully saturated rings. The second-order valence-electron chi connectivity index (χ2n) is 10.9. The number of amides is 1. The lowest BCUT2D eigenvalue weighted by molar-refractivity contribution is -0.138. The van der Waals surface area contributed by atoms with Gasteiger partial charge in [-0.05, 0) is 69.6 Å². The molecule has 1 aromatic carbocycles. The third-order valence-corrected chi connectivity index (χ3v) is 9.25. The third-order valence-electron chi connectivity index (χ3n) is 9.25. The van der Waals surface area contributed by atoms with Crippen LogP contribution in [0.1, 0.15) is 85.0 Å². The highest BCUT2D eigenvalue weighted by molar-refractivity contribution is 5.99. The second-order valence-corrected chi connectivity index (χ2v) is 10.9. The van der Waals surface area contributed by atoms with Crippen LogP contribution in [-0.4, -0.2) is 57.7 Å². The Labute approximate surface area is 199 Å². The van der Waals surface area contributed by atoms with Gasteiger partial charge in [0, 0.05) is 48.4 Å². The summed E-state index contributed by atoms with van der Waals surface area (Å²) in [5.41, 5.74) is 4.67. The van der Waals surface area contributed by atoms with Crippen molar-refractivity contribution in [1.29, 1.82) is 0 Å². The van der Waals surface area contributed by atoms with E-state index in [0.717, 1.165) is 66.6 Å². The number of hydrogen-bond acceptors (Lipinski definition) is 6. The summed E-state index contributed by atoms with van der Waals surface area (Å²) in [5, 5.41) is 11.2. The zero-order valence-corrected chi connectivity index (χ0v) is 19.9. The number of likely N-dealkylation sites (tertiary alicyclic amines) is 1. The van der Waals surface area contributed by atoms with Gasteiger partial charge in [0.1, 0.15) is 6.61 Å². The first-order valence-corrected chi connectivity index (χ1v) is 12.6. The Morgan fingerprint density at radius 2 is 1.85 bits per heavy atom. The molecule has 1 aromatic rings. The lowest BCUT2D eigenvalue weighted by Crippen LogP contribution is -2.51. The topological polar surface area (TPSA) is 87.2 Å². The predicted molar refractivity (Wildman–Crippen MR) is 124 cm³/mol. The molecular weight excluding hydrogens is 432 g/mol. The van der Waals surface area contributed by atoms with Gasteiger partial charge >= 0.3 is 5.97 Å². The number of carbonyl (C=O) groups is 3. The molecule has 4 aliphatic heterocycles. The maximum absolute atomic E-state index is 13.6. The molecule has 1 spiro atoms. The molecule has 7 nitrogen and oxygen atoms in total. The Morgan fingerprint density at radius 1 is 1.12 bits per heavy atom. The number of nitrogens with zero attached hydrogens (tertiary/aromatic N) is 2. The van der Waals surface area contributed by atoms with E-state index in [4.69, 9.17) is 4.74 Å². The van der Waals surface area contributed by atoms with Crippen molar-refractivity contribution in [1.82, 2.24) is 9.80 Å². The monoisotopic (exact) mass is 464 g/mol. The first-order valence-electron chi connectivity index (χ1n) is 12.6. The zero-order valence-electron chi connectivity index (χ0n) is 19.9. The number of ether oxygens (including phenoxy) is 1. The van der Waals surface area contributed by atoms with Crippen LogP contribution in [0.4, 0.5) is 0 Å². The quantitative estimate of drug-likeness (QED) is 0.689. The Bertz CT molecular complexity index is 1120. The summed E-state index contributed by atoms with van der Waals surface area (Å²) in [6, 6.07) is 4.21. The van der Waals surface area contributed by atoms with Crippen LogP contribution in [0.5, 0.6) is 0 Å². The molecule has 0 radical (unpaired) electrons. The number of allylic oxidation sites excluding steroid dienone is 2. The van der Waals surface area contributed by atoms with E-state index >= 15 is 0 Å². The number of benzene rings is 1. The number of ketones is 1. The number of piperidine rings is 1. The molecule has 5 aliphatic rings. The predicted octanol–water partition coefficient (Wildman–Crippen LogP) is 3.18. The van der Waals surface area contributed by atoms with Crippen molar-refractivity contribution < 1.29 is 24.2 Å². The van der Waals surface area contributed by atoms with E-state index in [1.54, 1.807) is 6.07 Å². The van der Waals surface area contributed by atoms with Crippen LogP contribution in [0.15, 0.2) is 23.4 Å². The van der Waals surface area contributed by atoms with Gasteiger partial charge in [-0.25, -0.2) is 4.79 Å². The van der Waals surface area contributed by atoms with Crippen LogP contribution in [0, 0.1) is 12.3 Å². The highest BCUT2D eigenvalue weighted by atomic mass is 16.5. The first kappa shape index (κ1) is 22.0. The molecule has 34 heavy (non-hydrogen) atoms. The van der Waals surface area contributed by atoms with Crippen molar-refractivity contribution in [3.63, 3.8) is 0 Å². The first-order chi connectivity index (χ1) is 16.3. The summed E-state index contributed by atoms with van der Waals surface area (Å²) in [5.74, 6) is 0.0971. The third kappa shape index (κ3) is 3.13. The average molecular weight is 465 g/mol. The SMILES string of the molecule is CC1=C(N2CCC3(CC4CCC(C3)N4C[C@H](O)c3ccc4c(c3C)COC4=O)C2=O)CCC1=O. The Kier molecular flexibility index (Phi) is 5.01. The summed E-state index contributed by atoms with van der Waals surface area (Å²) in [4.78, 5) is 41.9. The summed E-state index contributed by atoms with van der Waals surface area (Å²) >= 11 is 0. The average Bonchev–Trinajstić information content (AvgIpc) is 3.50. The van der Waals surface area contributed by atoms with Crippen molar-refractivity contribution >= 4 is 17.7 Å². The Morgan fingerprint density at radius 3 is 2.53 bits per heavy atom. The van der Waals surface area contributed by atoms with E-state index in [1.807, 2.05) is 24.8 Å². The van der Waals surface area contributed by atoms with Gasteiger partial charge in [-0.15, -0.1) is 0 Å². The van der Waals surface area contributed by atoms with E-state index in [9.17, 15) is 19.5 Å². The molecule has 3 saturated heterocycles. The van der Waals surface area contributed by atoms with Crippen molar-refractivity contribution in [3.05, 3.63) is 45.7 Å². The molecule has 1 amide bonds. The Hall–Kier alpha value is -2.51. The zero-order chi connectivity index (χ0) is 23.8. The van der Waals surface area contributed by atoms with Crippen molar-refractivity contribution in [3.8, 4) is 0 Å². The van der Waals surface area contributed by atoms with E-state index in [1.165, 1.54) is 0 Å². The number of aliphatic hydroxyl groups excluding tert-OH is 1. The van der Waals surface area contributed by atoms with Gasteiger partial charge in [0.2, 0.25) is 5.91 Å². The molecular formula is C27H32N2O5. The molecule has 7 heteroatoms.